The van der Waals surface area contributed by atoms with E-state index in [4.69, 9.17) is 16.9 Å². The number of hydrogen-bond donors (Lipinski definition) is 0. The molecule has 0 aliphatic rings. The summed E-state index contributed by atoms with van der Waals surface area (Å²) < 4.78 is 4.62. The van der Waals surface area contributed by atoms with Gasteiger partial charge in [-0.2, -0.15) is 5.26 Å². The Morgan fingerprint density at radius 1 is 1.62 bits per heavy atom. The molecule has 0 aliphatic carbocycles. The van der Waals surface area contributed by atoms with E-state index in [2.05, 4.69) is 4.74 Å². The first-order valence-electron chi connectivity index (χ1n) is 4.55. The molecular formula is C11H10ClNO2S. The zero-order chi connectivity index (χ0) is 12.0. The molecule has 0 aliphatic heterocycles. The standard InChI is InChI=1S/C11H10ClNO2S/c1-15-11(14)10(16-7-13)6-8-4-2-3-5-9(8)12/h2-5,10H,6H2,1H3. The van der Waals surface area contributed by atoms with Gasteiger partial charge in [-0.25, -0.2) is 0 Å². The van der Waals surface area contributed by atoms with Gasteiger partial charge in [0.1, 0.15) is 10.7 Å². The van der Waals surface area contributed by atoms with Gasteiger partial charge in [-0.1, -0.05) is 29.8 Å². The summed E-state index contributed by atoms with van der Waals surface area (Å²) in [5, 5.41) is 10.6. The number of methoxy groups -OCH3 is 1. The molecule has 1 aromatic rings. The highest BCUT2D eigenvalue weighted by molar-refractivity contribution is 8.04. The lowest BCUT2D eigenvalue weighted by atomic mass is 10.1. The molecule has 5 heteroatoms. The van der Waals surface area contributed by atoms with Crippen molar-refractivity contribution in [2.75, 3.05) is 7.11 Å². The van der Waals surface area contributed by atoms with Crippen LogP contribution in [0.15, 0.2) is 24.3 Å². The van der Waals surface area contributed by atoms with Gasteiger partial charge in [0.15, 0.2) is 0 Å². The molecule has 0 bridgehead atoms. The van der Waals surface area contributed by atoms with Gasteiger partial charge in [0.2, 0.25) is 0 Å². The molecule has 1 atom stereocenters. The lowest BCUT2D eigenvalue weighted by molar-refractivity contribution is -0.139. The van der Waals surface area contributed by atoms with E-state index < -0.39 is 11.2 Å². The Bertz CT molecular complexity index is 417. The number of thiocyanates is 1. The number of nitrogens with zero attached hydrogens (tertiary/aromatic N) is 1. The van der Waals surface area contributed by atoms with Gasteiger partial charge in [-0.3, -0.25) is 4.79 Å². The molecule has 0 N–H and O–H groups in total. The van der Waals surface area contributed by atoms with Crippen LogP contribution in [0, 0.1) is 10.7 Å². The van der Waals surface area contributed by atoms with Crippen molar-refractivity contribution in [3.05, 3.63) is 34.9 Å². The smallest absolute Gasteiger partial charge is 0.320 e. The summed E-state index contributed by atoms with van der Waals surface area (Å²) in [6.07, 6.45) is 0.393. The molecule has 3 nitrogen and oxygen atoms in total. The van der Waals surface area contributed by atoms with Crippen LogP contribution in [0.5, 0.6) is 0 Å². The van der Waals surface area contributed by atoms with E-state index in [1.165, 1.54) is 7.11 Å². The van der Waals surface area contributed by atoms with Crippen molar-refractivity contribution in [1.82, 2.24) is 0 Å². The molecule has 0 spiro atoms. The third kappa shape index (κ3) is 3.44. The first-order chi connectivity index (χ1) is 7.69. The Balaban J connectivity index is 2.80. The number of nitriles is 1. The lowest BCUT2D eigenvalue weighted by Gasteiger charge is -2.11. The molecule has 1 aromatic carbocycles. The van der Waals surface area contributed by atoms with Crippen molar-refractivity contribution < 1.29 is 9.53 Å². The van der Waals surface area contributed by atoms with E-state index in [0.29, 0.717) is 11.4 Å². The molecule has 0 saturated carbocycles. The van der Waals surface area contributed by atoms with Gasteiger partial charge in [-0.15, -0.1) is 0 Å². The predicted molar refractivity (Wildman–Crippen MR) is 64.2 cm³/mol. The fourth-order valence-corrected chi connectivity index (χ4v) is 2.03. The monoisotopic (exact) mass is 255 g/mol. The van der Waals surface area contributed by atoms with E-state index in [-0.39, 0.29) is 0 Å². The van der Waals surface area contributed by atoms with Crippen molar-refractivity contribution in [1.29, 1.82) is 5.26 Å². The highest BCUT2D eigenvalue weighted by Crippen LogP contribution is 2.22. The molecule has 0 heterocycles. The molecule has 0 fully saturated rings. The highest BCUT2D eigenvalue weighted by Gasteiger charge is 2.21. The summed E-state index contributed by atoms with van der Waals surface area (Å²) >= 11 is 6.86. The summed E-state index contributed by atoms with van der Waals surface area (Å²) in [5.41, 5.74) is 0.835. The molecule has 0 aromatic heterocycles. The molecule has 84 valence electrons. The van der Waals surface area contributed by atoms with Crippen molar-refractivity contribution in [3.8, 4) is 5.40 Å². The van der Waals surface area contributed by atoms with E-state index in [9.17, 15) is 4.79 Å². The zero-order valence-electron chi connectivity index (χ0n) is 8.64. The van der Waals surface area contributed by atoms with Crippen LogP contribution in [0.4, 0.5) is 0 Å². The second-order valence-electron chi connectivity index (χ2n) is 3.02. The second kappa shape index (κ2) is 6.41. The highest BCUT2D eigenvalue weighted by atomic mass is 35.5. The fraction of sp³-hybridized carbons (Fsp3) is 0.273. The lowest BCUT2D eigenvalue weighted by Crippen LogP contribution is -2.21. The number of ether oxygens (including phenoxy) is 1. The molecular weight excluding hydrogens is 246 g/mol. The van der Waals surface area contributed by atoms with Crippen molar-refractivity contribution in [2.24, 2.45) is 0 Å². The van der Waals surface area contributed by atoms with Crippen LogP contribution < -0.4 is 0 Å². The molecule has 0 radical (unpaired) electrons. The third-order valence-electron chi connectivity index (χ3n) is 2.02. The number of carbonyl (C=O) groups excluding carboxylic acids is 1. The van der Waals surface area contributed by atoms with Crippen molar-refractivity contribution in [2.45, 2.75) is 11.7 Å². The molecule has 16 heavy (non-hydrogen) atoms. The van der Waals surface area contributed by atoms with Gasteiger partial charge in [-0.05, 0) is 29.8 Å². The maximum Gasteiger partial charge on any atom is 0.320 e. The number of benzene rings is 1. The van der Waals surface area contributed by atoms with Crippen LogP contribution in [0.1, 0.15) is 5.56 Å². The number of carbonyl (C=O) groups is 1. The Morgan fingerprint density at radius 2 is 2.31 bits per heavy atom. The SMILES string of the molecule is COC(=O)C(Cc1ccccc1Cl)SC#N. The first kappa shape index (κ1) is 12.9. The summed E-state index contributed by atoms with van der Waals surface area (Å²) in [6.45, 7) is 0. The van der Waals surface area contributed by atoms with Crippen LogP contribution >= 0.6 is 23.4 Å². The fourth-order valence-electron chi connectivity index (χ4n) is 1.23. The minimum absolute atomic E-state index is 0.393. The first-order valence-corrected chi connectivity index (χ1v) is 5.80. The van der Waals surface area contributed by atoms with Crippen LogP contribution in [-0.4, -0.2) is 18.3 Å². The minimum atomic E-state index is -0.533. The van der Waals surface area contributed by atoms with Gasteiger partial charge >= 0.3 is 5.97 Å². The minimum Gasteiger partial charge on any atom is -0.468 e. The molecule has 0 amide bonds. The normalized spacial score (nSPS) is 11.6. The van der Waals surface area contributed by atoms with Crippen LogP contribution in [0.3, 0.4) is 0 Å². The van der Waals surface area contributed by atoms with Gasteiger partial charge in [0.05, 0.1) is 7.11 Å². The summed E-state index contributed by atoms with van der Waals surface area (Å²) in [4.78, 5) is 11.4. The quantitative estimate of drug-likeness (QED) is 0.613. The maximum atomic E-state index is 11.4. The summed E-state index contributed by atoms with van der Waals surface area (Å²) in [6, 6.07) is 7.24. The number of halogens is 1. The van der Waals surface area contributed by atoms with Crippen LogP contribution in [-0.2, 0) is 16.0 Å². The maximum absolute atomic E-state index is 11.4. The topological polar surface area (TPSA) is 50.1 Å². The predicted octanol–water partition coefficient (Wildman–Crippen LogP) is 2.64. The van der Waals surface area contributed by atoms with Crippen LogP contribution in [0.25, 0.3) is 0 Å². The van der Waals surface area contributed by atoms with Gasteiger partial charge < -0.3 is 4.74 Å². The van der Waals surface area contributed by atoms with Gasteiger partial charge in [0.25, 0.3) is 0 Å². The number of thioether (sulfide) groups is 1. The van der Waals surface area contributed by atoms with Crippen LogP contribution in [0.2, 0.25) is 5.02 Å². The second-order valence-corrected chi connectivity index (χ2v) is 4.41. The van der Waals surface area contributed by atoms with Crippen molar-refractivity contribution >= 4 is 29.3 Å². The van der Waals surface area contributed by atoms with Gasteiger partial charge in [0, 0.05) is 5.02 Å². The molecule has 0 saturated heterocycles. The van der Waals surface area contributed by atoms with Crippen molar-refractivity contribution in [3.63, 3.8) is 0 Å². The van der Waals surface area contributed by atoms with E-state index in [1.54, 1.807) is 6.07 Å². The average Bonchev–Trinajstić information content (AvgIpc) is 2.30. The molecule has 1 unspecified atom stereocenters. The number of hydrogen-bond acceptors (Lipinski definition) is 4. The Hall–Kier alpha value is -1.18. The zero-order valence-corrected chi connectivity index (χ0v) is 10.2. The summed E-state index contributed by atoms with van der Waals surface area (Å²) in [5.74, 6) is -0.411. The van der Waals surface area contributed by atoms with E-state index in [0.717, 1.165) is 17.3 Å². The third-order valence-corrected chi connectivity index (χ3v) is 3.14. The largest absolute Gasteiger partial charge is 0.468 e. The van der Waals surface area contributed by atoms with E-state index in [1.807, 2.05) is 23.6 Å². The number of rotatable bonds is 4. The molecule has 1 rings (SSSR count). The van der Waals surface area contributed by atoms with E-state index >= 15 is 0 Å². The average molecular weight is 256 g/mol. The Labute approximate surface area is 103 Å². The summed E-state index contributed by atoms with van der Waals surface area (Å²) in [7, 11) is 1.31. The Morgan fingerprint density at radius 3 is 2.88 bits per heavy atom. The Kier molecular flexibility index (Phi) is 5.17. The number of esters is 1.